The van der Waals surface area contributed by atoms with Crippen molar-refractivity contribution in [3.05, 3.63) is 77.9 Å². The van der Waals surface area contributed by atoms with Gasteiger partial charge in [0.15, 0.2) is 0 Å². The molecule has 0 saturated carbocycles. The lowest BCUT2D eigenvalue weighted by molar-refractivity contribution is 0.582. The van der Waals surface area contributed by atoms with E-state index in [1.54, 1.807) is 60.7 Å². The minimum atomic E-state index is -4.15. The highest BCUT2D eigenvalue weighted by atomic mass is 32.2. The van der Waals surface area contributed by atoms with Crippen molar-refractivity contribution in [1.29, 1.82) is 10.5 Å². The molecule has 0 saturated heterocycles. The summed E-state index contributed by atoms with van der Waals surface area (Å²) in [6.07, 6.45) is 3.02. The van der Waals surface area contributed by atoms with Crippen LogP contribution in [0.3, 0.4) is 0 Å². The molecule has 9 nitrogen and oxygen atoms in total. The number of nitrogen functional groups attached to an aromatic ring is 1. The fourth-order valence-corrected chi connectivity index (χ4v) is 4.50. The summed E-state index contributed by atoms with van der Waals surface area (Å²) in [4.78, 5) is 4.01. The molecule has 0 spiro atoms. The third kappa shape index (κ3) is 3.86. The molecule has 3 aromatic carbocycles. The van der Waals surface area contributed by atoms with E-state index in [2.05, 4.69) is 15.4 Å². The van der Waals surface area contributed by atoms with Gasteiger partial charge in [-0.1, -0.05) is 30.3 Å². The number of aromatic nitrogens is 3. The molecule has 10 heteroatoms. The molecule has 0 amide bonds. The SMILES string of the molecule is N#C/C=C/c1ccc(Nc2nc(N)n(S(=O)(=O)c3cccc4cc(C#N)ccc34)n2)cc1. The van der Waals surface area contributed by atoms with Crippen LogP contribution in [0.4, 0.5) is 17.6 Å². The fraction of sp³-hybridized carbons (Fsp3) is 0. The Balaban J connectivity index is 1.68. The Hall–Kier alpha value is -4.67. The first-order valence-corrected chi connectivity index (χ1v) is 10.7. The number of hydrogen-bond donors (Lipinski definition) is 2. The molecule has 1 aromatic heterocycles. The molecule has 0 aliphatic rings. The number of nitrogens with zero attached hydrogens (tertiary/aromatic N) is 5. The lowest BCUT2D eigenvalue weighted by Crippen LogP contribution is -2.17. The van der Waals surface area contributed by atoms with E-state index < -0.39 is 10.0 Å². The predicted octanol–water partition coefficient (Wildman–Crippen LogP) is 3.40. The summed E-state index contributed by atoms with van der Waals surface area (Å²) in [5, 5.41) is 25.7. The van der Waals surface area contributed by atoms with Crippen molar-refractivity contribution in [2.24, 2.45) is 0 Å². The van der Waals surface area contributed by atoms with Gasteiger partial charge in [-0.3, -0.25) is 0 Å². The fourth-order valence-electron chi connectivity index (χ4n) is 3.12. The number of allylic oxidation sites excluding steroid dienone is 1. The van der Waals surface area contributed by atoms with Gasteiger partial charge in [-0.25, -0.2) is 0 Å². The minimum absolute atomic E-state index is 0.00345. The van der Waals surface area contributed by atoms with Gasteiger partial charge in [0.2, 0.25) is 11.9 Å². The number of fused-ring (bicyclic) bond motifs is 1. The Bertz CT molecular complexity index is 1540. The summed E-state index contributed by atoms with van der Waals surface area (Å²) >= 11 is 0. The summed E-state index contributed by atoms with van der Waals surface area (Å²) in [7, 11) is -4.15. The van der Waals surface area contributed by atoms with Gasteiger partial charge in [0.1, 0.15) is 0 Å². The molecule has 156 valence electrons. The lowest BCUT2D eigenvalue weighted by atomic mass is 10.1. The normalized spacial score (nSPS) is 11.3. The van der Waals surface area contributed by atoms with Crippen molar-refractivity contribution in [2.75, 3.05) is 11.1 Å². The first kappa shape index (κ1) is 20.6. The summed E-state index contributed by atoms with van der Waals surface area (Å²) in [5.74, 6) is -0.287. The zero-order valence-electron chi connectivity index (χ0n) is 16.5. The first-order chi connectivity index (χ1) is 15.4. The molecule has 3 N–H and O–H groups in total. The highest BCUT2D eigenvalue weighted by Crippen LogP contribution is 2.27. The van der Waals surface area contributed by atoms with E-state index in [1.807, 2.05) is 12.1 Å². The molecule has 1 heterocycles. The topological polar surface area (TPSA) is 150 Å². The van der Waals surface area contributed by atoms with Crippen molar-refractivity contribution in [2.45, 2.75) is 4.90 Å². The highest BCUT2D eigenvalue weighted by molar-refractivity contribution is 7.90. The number of benzene rings is 3. The van der Waals surface area contributed by atoms with E-state index in [0.29, 0.717) is 26.1 Å². The molecule has 32 heavy (non-hydrogen) atoms. The second kappa shape index (κ2) is 8.22. The largest absolute Gasteiger partial charge is 0.367 e. The van der Waals surface area contributed by atoms with Gasteiger partial charge in [-0.2, -0.15) is 23.9 Å². The molecule has 0 bridgehead atoms. The van der Waals surface area contributed by atoms with Gasteiger partial charge in [-0.05, 0) is 47.4 Å². The number of nitriles is 2. The van der Waals surface area contributed by atoms with E-state index >= 15 is 0 Å². The first-order valence-electron chi connectivity index (χ1n) is 9.26. The minimum Gasteiger partial charge on any atom is -0.367 e. The third-order valence-corrected chi connectivity index (χ3v) is 6.23. The molecule has 0 atom stereocenters. The maximum Gasteiger partial charge on any atom is 0.286 e. The van der Waals surface area contributed by atoms with Crippen LogP contribution in [0.1, 0.15) is 11.1 Å². The number of nitrogens with one attached hydrogen (secondary N) is 1. The molecule has 0 aliphatic heterocycles. The van der Waals surface area contributed by atoms with Gasteiger partial charge in [0.25, 0.3) is 10.0 Å². The second-order valence-electron chi connectivity index (χ2n) is 6.65. The Morgan fingerprint density at radius 1 is 1.06 bits per heavy atom. The molecular formula is C22H15N7O2S. The van der Waals surface area contributed by atoms with Crippen LogP contribution in [0.5, 0.6) is 0 Å². The van der Waals surface area contributed by atoms with Crippen LogP contribution in [0.25, 0.3) is 16.8 Å². The van der Waals surface area contributed by atoms with E-state index in [0.717, 1.165) is 5.56 Å². The average Bonchev–Trinajstić information content (AvgIpc) is 3.18. The molecular weight excluding hydrogens is 426 g/mol. The monoisotopic (exact) mass is 441 g/mol. The number of hydrogen-bond acceptors (Lipinski definition) is 8. The Kier molecular flexibility index (Phi) is 5.29. The third-order valence-electron chi connectivity index (χ3n) is 4.59. The van der Waals surface area contributed by atoms with Crippen LogP contribution in [0.2, 0.25) is 0 Å². The summed E-state index contributed by atoms with van der Waals surface area (Å²) in [5.41, 5.74) is 7.74. The maximum absolute atomic E-state index is 13.3. The zero-order chi connectivity index (χ0) is 22.7. The van der Waals surface area contributed by atoms with Crippen LogP contribution in [0, 0.1) is 22.7 Å². The van der Waals surface area contributed by atoms with Crippen LogP contribution in [-0.4, -0.2) is 22.6 Å². The summed E-state index contributed by atoms with van der Waals surface area (Å²) in [6, 6.07) is 20.5. The van der Waals surface area contributed by atoms with Crippen molar-refractivity contribution in [3.8, 4) is 12.1 Å². The van der Waals surface area contributed by atoms with Gasteiger partial charge in [0.05, 0.1) is 22.6 Å². The molecule has 4 aromatic rings. The van der Waals surface area contributed by atoms with Gasteiger partial charge >= 0.3 is 0 Å². The Morgan fingerprint density at radius 2 is 1.84 bits per heavy atom. The standard InChI is InChI=1S/C22H15N7O2S/c23-12-2-3-15-6-9-18(10-7-15)26-22-27-21(25)29(28-22)32(30,31)20-5-1-4-17-13-16(14-24)8-11-19(17)20/h1-11,13H,(H3,25,26,27,28)/b3-2+. The van der Waals surface area contributed by atoms with Gasteiger partial charge < -0.3 is 11.1 Å². The molecule has 0 aliphatic carbocycles. The summed E-state index contributed by atoms with van der Waals surface area (Å²) in [6.45, 7) is 0. The van der Waals surface area contributed by atoms with Crippen molar-refractivity contribution in [1.82, 2.24) is 14.2 Å². The van der Waals surface area contributed by atoms with E-state index in [4.69, 9.17) is 16.3 Å². The van der Waals surface area contributed by atoms with E-state index in [-0.39, 0.29) is 16.8 Å². The zero-order valence-corrected chi connectivity index (χ0v) is 17.3. The maximum atomic E-state index is 13.3. The average molecular weight is 441 g/mol. The molecule has 0 fully saturated rings. The van der Waals surface area contributed by atoms with E-state index in [1.165, 1.54) is 12.1 Å². The van der Waals surface area contributed by atoms with Crippen LogP contribution in [0.15, 0.2) is 71.6 Å². The van der Waals surface area contributed by atoms with Gasteiger partial charge in [-0.15, -0.1) is 9.19 Å². The molecule has 0 unspecified atom stereocenters. The molecule has 0 radical (unpaired) electrons. The summed E-state index contributed by atoms with van der Waals surface area (Å²) < 4.78 is 27.2. The number of rotatable bonds is 5. The van der Waals surface area contributed by atoms with Gasteiger partial charge in [0, 0.05) is 17.1 Å². The van der Waals surface area contributed by atoms with Crippen LogP contribution < -0.4 is 11.1 Å². The number of nitrogens with two attached hydrogens (primary N) is 1. The second-order valence-corrected chi connectivity index (χ2v) is 8.39. The van der Waals surface area contributed by atoms with Crippen LogP contribution >= 0.6 is 0 Å². The van der Waals surface area contributed by atoms with Crippen molar-refractivity contribution >= 4 is 44.5 Å². The Morgan fingerprint density at radius 3 is 2.56 bits per heavy atom. The van der Waals surface area contributed by atoms with Crippen molar-refractivity contribution in [3.63, 3.8) is 0 Å². The quantitative estimate of drug-likeness (QED) is 0.447. The van der Waals surface area contributed by atoms with Crippen molar-refractivity contribution < 1.29 is 8.42 Å². The van der Waals surface area contributed by atoms with E-state index in [9.17, 15) is 8.42 Å². The Labute approximate surface area is 183 Å². The number of anilines is 3. The smallest absolute Gasteiger partial charge is 0.286 e. The highest BCUT2D eigenvalue weighted by Gasteiger charge is 2.25. The molecule has 4 rings (SSSR count). The predicted molar refractivity (Wildman–Crippen MR) is 120 cm³/mol. The van der Waals surface area contributed by atoms with Crippen LogP contribution in [-0.2, 0) is 10.0 Å². The lowest BCUT2D eigenvalue weighted by Gasteiger charge is -2.09.